The van der Waals surface area contributed by atoms with E-state index in [0.29, 0.717) is 6.61 Å². The fraction of sp³-hybridized carbons (Fsp3) is 0.538. The Balaban J connectivity index is 1.84. The Morgan fingerprint density at radius 2 is 2.35 bits per heavy atom. The molecule has 0 aromatic carbocycles. The minimum atomic E-state index is 0.214. The minimum Gasteiger partial charge on any atom is -0.383 e. The van der Waals surface area contributed by atoms with Crippen LogP contribution in [0.5, 0.6) is 0 Å². The lowest BCUT2D eigenvalue weighted by molar-refractivity contribution is 0.185. The van der Waals surface area contributed by atoms with E-state index in [1.165, 1.54) is 0 Å². The molecule has 0 radical (unpaired) electrons. The zero-order chi connectivity index (χ0) is 13.8. The van der Waals surface area contributed by atoms with Crippen molar-refractivity contribution in [1.29, 1.82) is 0 Å². The van der Waals surface area contributed by atoms with Crippen LogP contribution in [0.3, 0.4) is 0 Å². The van der Waals surface area contributed by atoms with Crippen LogP contribution in [0.1, 0.15) is 24.7 Å². The summed E-state index contributed by atoms with van der Waals surface area (Å²) in [6, 6.07) is 0.214. The van der Waals surface area contributed by atoms with Crippen molar-refractivity contribution in [2.24, 2.45) is 0 Å². The van der Waals surface area contributed by atoms with Crippen LogP contribution in [0.2, 0.25) is 0 Å². The maximum atomic E-state index is 5.13. The lowest BCUT2D eigenvalue weighted by atomic mass is 10.2. The van der Waals surface area contributed by atoms with Gasteiger partial charge in [0.15, 0.2) is 5.82 Å². The first kappa shape index (κ1) is 13.0. The first-order valence-electron chi connectivity index (χ1n) is 6.79. The van der Waals surface area contributed by atoms with Gasteiger partial charge in [-0.1, -0.05) is 0 Å². The van der Waals surface area contributed by atoms with Crippen LogP contribution in [-0.4, -0.2) is 45.0 Å². The van der Waals surface area contributed by atoms with Crippen molar-refractivity contribution in [2.75, 3.05) is 25.2 Å². The molecule has 1 aliphatic rings. The standard InChI is InChI=1S/C13H18N6O/c1-20-8-7-18-10-16-17-13(18)11-3-2-6-19(11)12-9-14-4-5-15-12/h4-5,9-11H,2-3,6-8H2,1H3/t11-/m1/s1. The molecule has 1 fully saturated rings. The van der Waals surface area contributed by atoms with Gasteiger partial charge in [-0.15, -0.1) is 10.2 Å². The third kappa shape index (κ3) is 2.49. The maximum absolute atomic E-state index is 5.13. The second kappa shape index (κ2) is 5.96. The quantitative estimate of drug-likeness (QED) is 0.812. The molecule has 106 valence electrons. The van der Waals surface area contributed by atoms with Crippen molar-refractivity contribution in [3.05, 3.63) is 30.7 Å². The highest BCUT2D eigenvalue weighted by molar-refractivity contribution is 5.39. The molecule has 7 nitrogen and oxygen atoms in total. The summed E-state index contributed by atoms with van der Waals surface area (Å²) in [5, 5.41) is 8.34. The topological polar surface area (TPSA) is 69.0 Å². The van der Waals surface area contributed by atoms with Crippen LogP contribution in [0.4, 0.5) is 5.82 Å². The van der Waals surface area contributed by atoms with Gasteiger partial charge in [-0.2, -0.15) is 0 Å². The Hall–Kier alpha value is -2.02. The summed E-state index contributed by atoms with van der Waals surface area (Å²) in [5.41, 5.74) is 0. The Bertz CT molecular complexity index is 543. The number of ether oxygens (including phenoxy) is 1. The van der Waals surface area contributed by atoms with Gasteiger partial charge in [-0.3, -0.25) is 4.98 Å². The van der Waals surface area contributed by atoms with Gasteiger partial charge in [0.2, 0.25) is 0 Å². The zero-order valence-corrected chi connectivity index (χ0v) is 11.5. The van der Waals surface area contributed by atoms with Crippen molar-refractivity contribution in [1.82, 2.24) is 24.7 Å². The van der Waals surface area contributed by atoms with E-state index < -0.39 is 0 Å². The van der Waals surface area contributed by atoms with E-state index in [4.69, 9.17) is 4.74 Å². The minimum absolute atomic E-state index is 0.214. The summed E-state index contributed by atoms with van der Waals surface area (Å²) in [4.78, 5) is 10.8. The molecule has 0 N–H and O–H groups in total. The highest BCUT2D eigenvalue weighted by Gasteiger charge is 2.30. The Kier molecular flexibility index (Phi) is 3.87. The number of nitrogens with zero attached hydrogens (tertiary/aromatic N) is 6. The number of hydrogen-bond acceptors (Lipinski definition) is 6. The number of rotatable bonds is 5. The molecule has 0 unspecified atom stereocenters. The van der Waals surface area contributed by atoms with E-state index in [-0.39, 0.29) is 6.04 Å². The summed E-state index contributed by atoms with van der Waals surface area (Å²) in [6.45, 7) is 2.40. The molecule has 20 heavy (non-hydrogen) atoms. The highest BCUT2D eigenvalue weighted by atomic mass is 16.5. The number of methoxy groups -OCH3 is 1. The van der Waals surface area contributed by atoms with Crippen LogP contribution in [0.25, 0.3) is 0 Å². The van der Waals surface area contributed by atoms with Gasteiger partial charge in [-0.25, -0.2) is 4.98 Å². The zero-order valence-electron chi connectivity index (χ0n) is 11.5. The highest BCUT2D eigenvalue weighted by Crippen LogP contribution is 2.33. The summed E-state index contributed by atoms with van der Waals surface area (Å²) >= 11 is 0. The van der Waals surface area contributed by atoms with Gasteiger partial charge in [0.25, 0.3) is 0 Å². The molecule has 0 saturated carbocycles. The van der Waals surface area contributed by atoms with Gasteiger partial charge in [-0.05, 0) is 12.8 Å². The van der Waals surface area contributed by atoms with Crippen molar-refractivity contribution in [2.45, 2.75) is 25.4 Å². The number of hydrogen-bond donors (Lipinski definition) is 0. The van der Waals surface area contributed by atoms with Gasteiger partial charge in [0.1, 0.15) is 12.1 Å². The second-order valence-electron chi connectivity index (χ2n) is 4.79. The molecule has 3 heterocycles. The van der Waals surface area contributed by atoms with Crippen molar-refractivity contribution < 1.29 is 4.74 Å². The molecule has 2 aromatic heterocycles. The molecule has 7 heteroatoms. The molecule has 1 saturated heterocycles. The lowest BCUT2D eigenvalue weighted by Gasteiger charge is -2.24. The number of anilines is 1. The van der Waals surface area contributed by atoms with Crippen molar-refractivity contribution in [3.8, 4) is 0 Å². The Morgan fingerprint density at radius 3 is 3.15 bits per heavy atom. The predicted molar refractivity (Wildman–Crippen MR) is 73.3 cm³/mol. The SMILES string of the molecule is COCCn1cnnc1[C@H]1CCCN1c1cnccn1. The predicted octanol–water partition coefficient (Wildman–Crippen LogP) is 1.06. The number of aromatic nitrogens is 5. The summed E-state index contributed by atoms with van der Waals surface area (Å²) < 4.78 is 7.19. The van der Waals surface area contributed by atoms with E-state index in [2.05, 4.69) is 29.6 Å². The Labute approximate surface area is 117 Å². The van der Waals surface area contributed by atoms with Gasteiger partial charge < -0.3 is 14.2 Å². The average Bonchev–Trinajstić information content (AvgIpc) is 3.14. The largest absolute Gasteiger partial charge is 0.383 e. The molecule has 0 spiro atoms. The summed E-state index contributed by atoms with van der Waals surface area (Å²) in [7, 11) is 1.70. The van der Waals surface area contributed by atoms with Crippen LogP contribution < -0.4 is 4.90 Å². The fourth-order valence-electron chi connectivity index (χ4n) is 2.63. The molecule has 2 aromatic rings. The van der Waals surface area contributed by atoms with Crippen molar-refractivity contribution in [3.63, 3.8) is 0 Å². The smallest absolute Gasteiger partial charge is 0.155 e. The average molecular weight is 274 g/mol. The van der Waals surface area contributed by atoms with E-state index in [1.54, 1.807) is 32.0 Å². The van der Waals surface area contributed by atoms with Gasteiger partial charge >= 0.3 is 0 Å². The first-order chi connectivity index (χ1) is 9.90. The van der Waals surface area contributed by atoms with Gasteiger partial charge in [0, 0.05) is 32.6 Å². The molecule has 1 aliphatic heterocycles. The molecule has 0 aliphatic carbocycles. The summed E-state index contributed by atoms with van der Waals surface area (Å²) in [5.74, 6) is 1.88. The third-order valence-corrected chi connectivity index (χ3v) is 3.58. The molecule has 3 rings (SSSR count). The monoisotopic (exact) mass is 274 g/mol. The molecule has 1 atom stereocenters. The van der Waals surface area contributed by atoms with E-state index in [9.17, 15) is 0 Å². The van der Waals surface area contributed by atoms with E-state index in [0.717, 1.165) is 37.6 Å². The van der Waals surface area contributed by atoms with Crippen LogP contribution in [0, 0.1) is 0 Å². The van der Waals surface area contributed by atoms with Gasteiger partial charge in [0.05, 0.1) is 18.8 Å². The maximum Gasteiger partial charge on any atom is 0.155 e. The molecule has 0 amide bonds. The second-order valence-corrected chi connectivity index (χ2v) is 4.79. The van der Waals surface area contributed by atoms with Crippen LogP contribution in [-0.2, 0) is 11.3 Å². The first-order valence-corrected chi connectivity index (χ1v) is 6.79. The lowest BCUT2D eigenvalue weighted by Crippen LogP contribution is -2.26. The van der Waals surface area contributed by atoms with Crippen LogP contribution >= 0.6 is 0 Å². The molecule has 0 bridgehead atoms. The molecular formula is C13H18N6O. The third-order valence-electron chi connectivity index (χ3n) is 3.58. The van der Waals surface area contributed by atoms with E-state index in [1.807, 2.05) is 0 Å². The normalized spacial score (nSPS) is 18.6. The Morgan fingerprint density at radius 1 is 1.40 bits per heavy atom. The van der Waals surface area contributed by atoms with E-state index >= 15 is 0 Å². The van der Waals surface area contributed by atoms with Crippen molar-refractivity contribution >= 4 is 5.82 Å². The molecular weight excluding hydrogens is 256 g/mol. The van der Waals surface area contributed by atoms with Crippen LogP contribution in [0.15, 0.2) is 24.9 Å². The summed E-state index contributed by atoms with van der Waals surface area (Å²) in [6.07, 6.45) is 9.16. The fourth-order valence-corrected chi connectivity index (χ4v) is 2.63.